The third-order valence-electron chi connectivity index (χ3n) is 3.24. The Morgan fingerprint density at radius 1 is 1.67 bits per heavy atom. The topological polar surface area (TPSA) is 68.5 Å². The van der Waals surface area contributed by atoms with Crippen molar-refractivity contribution in [3.63, 3.8) is 0 Å². The highest BCUT2D eigenvalue weighted by Crippen LogP contribution is 2.19. The Balaban J connectivity index is 2.23. The molecule has 1 aromatic heterocycles. The zero-order valence-corrected chi connectivity index (χ0v) is 10.8. The number of hydrogen-bond acceptors (Lipinski definition) is 4. The van der Waals surface area contributed by atoms with Crippen LogP contribution in [0.3, 0.4) is 0 Å². The van der Waals surface area contributed by atoms with Crippen LogP contribution in [-0.4, -0.2) is 41.1 Å². The first-order valence-corrected chi connectivity index (χ1v) is 6.26. The molecule has 1 aliphatic heterocycles. The van der Waals surface area contributed by atoms with E-state index in [-0.39, 0.29) is 18.1 Å². The van der Waals surface area contributed by atoms with Crippen molar-refractivity contribution < 1.29 is 9.53 Å². The molecule has 98 valence electrons. The van der Waals surface area contributed by atoms with Crippen LogP contribution in [0.25, 0.3) is 0 Å². The summed E-state index contributed by atoms with van der Waals surface area (Å²) in [5.74, 6) is -0.102. The molecule has 1 fully saturated rings. The Bertz CT molecular complexity index is 436. The second kappa shape index (κ2) is 5.35. The molecule has 0 radical (unpaired) electrons. The van der Waals surface area contributed by atoms with Crippen LogP contribution in [0, 0.1) is 0 Å². The predicted octanol–water partition coefficient (Wildman–Crippen LogP) is 1.30. The fourth-order valence-corrected chi connectivity index (χ4v) is 2.16. The lowest BCUT2D eigenvalue weighted by Crippen LogP contribution is -2.51. The van der Waals surface area contributed by atoms with Gasteiger partial charge in [-0.3, -0.25) is 4.79 Å². The van der Waals surface area contributed by atoms with Crippen LogP contribution in [0.2, 0.25) is 0 Å². The molecular weight excluding hydrogens is 230 g/mol. The van der Waals surface area contributed by atoms with Crippen molar-refractivity contribution in [3.8, 4) is 0 Å². The molecule has 2 unspecified atom stereocenters. The van der Waals surface area contributed by atoms with E-state index >= 15 is 0 Å². The zero-order valence-electron chi connectivity index (χ0n) is 10.8. The summed E-state index contributed by atoms with van der Waals surface area (Å²) in [5, 5.41) is 0. The Morgan fingerprint density at radius 3 is 3.11 bits per heavy atom. The molecule has 1 amide bonds. The first-order valence-electron chi connectivity index (χ1n) is 6.26. The highest BCUT2D eigenvalue weighted by molar-refractivity contribution is 5.97. The predicted molar refractivity (Wildman–Crippen MR) is 69.2 cm³/mol. The van der Waals surface area contributed by atoms with E-state index in [0.717, 1.165) is 6.42 Å². The summed E-state index contributed by atoms with van der Waals surface area (Å²) in [6.45, 7) is 5.18. The highest BCUT2D eigenvalue weighted by Gasteiger charge is 2.31. The Hall–Kier alpha value is -1.62. The maximum absolute atomic E-state index is 12.5. The smallest absolute Gasteiger partial charge is 0.275 e. The quantitative estimate of drug-likeness (QED) is 0.858. The summed E-state index contributed by atoms with van der Waals surface area (Å²) in [7, 11) is 0. The van der Waals surface area contributed by atoms with Gasteiger partial charge in [0.25, 0.3) is 5.91 Å². The van der Waals surface area contributed by atoms with Crippen LogP contribution in [0.15, 0.2) is 18.3 Å². The number of carbonyl (C=O) groups excluding carboxylic acids is 1. The number of nitrogens with two attached hydrogens (primary N) is 1. The Morgan fingerprint density at radius 2 is 2.44 bits per heavy atom. The van der Waals surface area contributed by atoms with Gasteiger partial charge in [0.05, 0.1) is 24.4 Å². The minimum Gasteiger partial charge on any atom is -0.397 e. The third-order valence-corrected chi connectivity index (χ3v) is 3.24. The molecular formula is C13H19N3O2. The maximum atomic E-state index is 12.5. The van der Waals surface area contributed by atoms with Crippen LogP contribution >= 0.6 is 0 Å². The Kier molecular flexibility index (Phi) is 3.81. The number of nitrogens with zero attached hydrogens (tertiary/aromatic N) is 2. The van der Waals surface area contributed by atoms with Crippen LogP contribution in [-0.2, 0) is 4.74 Å². The number of nitrogen functional groups attached to an aromatic ring is 1. The summed E-state index contributed by atoms with van der Waals surface area (Å²) < 4.78 is 5.58. The van der Waals surface area contributed by atoms with E-state index in [9.17, 15) is 4.79 Å². The Labute approximate surface area is 107 Å². The summed E-state index contributed by atoms with van der Waals surface area (Å²) in [6.07, 6.45) is 2.52. The van der Waals surface area contributed by atoms with E-state index in [1.54, 1.807) is 18.3 Å². The van der Waals surface area contributed by atoms with Gasteiger partial charge < -0.3 is 15.4 Å². The standard InChI is InChI=1S/C13H19N3O2/c1-3-10-8-18-9(2)7-16(10)13(17)12-11(14)5-4-6-15-12/h4-6,9-10H,3,7-8,14H2,1-2H3. The molecule has 0 spiro atoms. The number of amides is 1. The molecule has 0 aliphatic carbocycles. The largest absolute Gasteiger partial charge is 0.397 e. The summed E-state index contributed by atoms with van der Waals surface area (Å²) >= 11 is 0. The van der Waals surface area contributed by atoms with Gasteiger partial charge in [-0.05, 0) is 25.5 Å². The minimum absolute atomic E-state index is 0.0571. The van der Waals surface area contributed by atoms with Gasteiger partial charge in [-0.1, -0.05) is 6.92 Å². The van der Waals surface area contributed by atoms with Crippen molar-refractivity contribution >= 4 is 11.6 Å². The second-order valence-corrected chi connectivity index (χ2v) is 4.60. The van der Waals surface area contributed by atoms with Gasteiger partial charge in [-0.25, -0.2) is 4.98 Å². The van der Waals surface area contributed by atoms with E-state index in [0.29, 0.717) is 24.5 Å². The number of anilines is 1. The molecule has 2 rings (SSSR count). The molecule has 1 saturated heterocycles. The lowest BCUT2D eigenvalue weighted by Gasteiger charge is -2.38. The molecule has 5 heteroatoms. The number of hydrogen-bond donors (Lipinski definition) is 1. The normalized spacial score (nSPS) is 24.0. The molecule has 2 N–H and O–H groups in total. The fourth-order valence-electron chi connectivity index (χ4n) is 2.16. The first kappa shape index (κ1) is 12.8. The second-order valence-electron chi connectivity index (χ2n) is 4.60. The van der Waals surface area contributed by atoms with Gasteiger partial charge in [0, 0.05) is 12.7 Å². The van der Waals surface area contributed by atoms with Crippen LogP contribution in [0.4, 0.5) is 5.69 Å². The monoisotopic (exact) mass is 249 g/mol. The zero-order chi connectivity index (χ0) is 13.1. The van der Waals surface area contributed by atoms with E-state index in [2.05, 4.69) is 4.98 Å². The number of ether oxygens (including phenoxy) is 1. The van der Waals surface area contributed by atoms with Gasteiger partial charge >= 0.3 is 0 Å². The summed E-state index contributed by atoms with van der Waals surface area (Å²) in [4.78, 5) is 18.4. The summed E-state index contributed by atoms with van der Waals surface area (Å²) in [6, 6.07) is 3.53. The van der Waals surface area contributed by atoms with Crippen molar-refractivity contribution in [2.45, 2.75) is 32.4 Å². The molecule has 0 saturated carbocycles. The number of morpholine rings is 1. The van der Waals surface area contributed by atoms with Crippen molar-refractivity contribution in [1.29, 1.82) is 0 Å². The van der Waals surface area contributed by atoms with Crippen molar-refractivity contribution in [3.05, 3.63) is 24.0 Å². The average Bonchev–Trinajstić information content (AvgIpc) is 2.38. The fraction of sp³-hybridized carbons (Fsp3) is 0.538. The number of rotatable bonds is 2. The average molecular weight is 249 g/mol. The highest BCUT2D eigenvalue weighted by atomic mass is 16.5. The third kappa shape index (κ3) is 2.46. The lowest BCUT2D eigenvalue weighted by molar-refractivity contribution is -0.0445. The molecule has 2 atom stereocenters. The molecule has 1 aliphatic rings. The molecule has 18 heavy (non-hydrogen) atoms. The molecule has 5 nitrogen and oxygen atoms in total. The minimum atomic E-state index is -0.102. The van der Waals surface area contributed by atoms with Gasteiger partial charge in [-0.2, -0.15) is 0 Å². The number of aromatic nitrogens is 1. The molecule has 0 bridgehead atoms. The first-order chi connectivity index (χ1) is 8.63. The molecule has 0 aromatic carbocycles. The van der Waals surface area contributed by atoms with Gasteiger partial charge in [0.1, 0.15) is 0 Å². The van der Waals surface area contributed by atoms with Crippen molar-refractivity contribution in [1.82, 2.24) is 9.88 Å². The van der Waals surface area contributed by atoms with E-state index in [4.69, 9.17) is 10.5 Å². The van der Waals surface area contributed by atoms with Gasteiger partial charge in [0.2, 0.25) is 0 Å². The van der Waals surface area contributed by atoms with Crippen LogP contribution in [0.1, 0.15) is 30.8 Å². The maximum Gasteiger partial charge on any atom is 0.275 e. The van der Waals surface area contributed by atoms with E-state index in [1.807, 2.05) is 18.7 Å². The van der Waals surface area contributed by atoms with E-state index in [1.165, 1.54) is 0 Å². The number of pyridine rings is 1. The van der Waals surface area contributed by atoms with Crippen LogP contribution in [0.5, 0.6) is 0 Å². The number of carbonyl (C=O) groups is 1. The van der Waals surface area contributed by atoms with Crippen molar-refractivity contribution in [2.24, 2.45) is 0 Å². The van der Waals surface area contributed by atoms with E-state index < -0.39 is 0 Å². The van der Waals surface area contributed by atoms with Gasteiger partial charge in [-0.15, -0.1) is 0 Å². The van der Waals surface area contributed by atoms with Gasteiger partial charge in [0.15, 0.2) is 5.69 Å². The van der Waals surface area contributed by atoms with Crippen LogP contribution < -0.4 is 5.73 Å². The molecule has 1 aromatic rings. The van der Waals surface area contributed by atoms with Crippen molar-refractivity contribution in [2.75, 3.05) is 18.9 Å². The summed E-state index contributed by atoms with van der Waals surface area (Å²) in [5.41, 5.74) is 6.57. The molecule has 2 heterocycles. The SMILES string of the molecule is CCC1COC(C)CN1C(=O)c1ncccc1N. The lowest BCUT2D eigenvalue weighted by atomic mass is 10.1.